The number of nitrogens with one attached hydrogen (secondary N) is 1. The molecule has 1 heterocycles. The summed E-state index contributed by atoms with van der Waals surface area (Å²) in [5.41, 5.74) is 2.98. The van der Waals surface area contributed by atoms with E-state index in [-0.39, 0.29) is 24.5 Å². The van der Waals surface area contributed by atoms with E-state index >= 15 is 0 Å². The van der Waals surface area contributed by atoms with E-state index in [0.29, 0.717) is 11.3 Å². The molecule has 1 aromatic rings. The number of rotatable bonds is 5. The summed E-state index contributed by atoms with van der Waals surface area (Å²) in [7, 11) is -4.62. The summed E-state index contributed by atoms with van der Waals surface area (Å²) in [6, 6.07) is 0. The van der Waals surface area contributed by atoms with Gasteiger partial charge in [-0.2, -0.15) is 10.1 Å². The number of aromatic nitrogens is 1. The van der Waals surface area contributed by atoms with Crippen LogP contribution in [0, 0.1) is 6.92 Å². The van der Waals surface area contributed by atoms with Crippen LogP contribution >= 0.6 is 7.82 Å². The van der Waals surface area contributed by atoms with E-state index in [1.807, 2.05) is 5.48 Å². The van der Waals surface area contributed by atoms with Crippen molar-refractivity contribution >= 4 is 7.82 Å². The average molecular weight is 264 g/mol. The van der Waals surface area contributed by atoms with Crippen molar-refractivity contribution in [2.75, 3.05) is 0 Å². The van der Waals surface area contributed by atoms with E-state index in [0.717, 1.165) is 0 Å². The number of hydrogen-bond donors (Lipinski definition) is 5. The predicted octanol–water partition coefficient (Wildman–Crippen LogP) is -0.298. The standard InChI is InChI=1S/C8H13N2O6P/c1-5-8(12)7(6(4-11)2-9-5)3-10-16-17(13,14)15/h2,10-12H,3-4H2,1H3,(H2,13,14,15). The molecule has 0 amide bonds. The lowest BCUT2D eigenvalue weighted by Gasteiger charge is -2.12. The van der Waals surface area contributed by atoms with Crippen LogP contribution in [0.3, 0.4) is 0 Å². The Hall–Kier alpha value is -1.02. The fraction of sp³-hybridized carbons (Fsp3) is 0.375. The summed E-state index contributed by atoms with van der Waals surface area (Å²) in [5, 5.41) is 18.7. The topological polar surface area (TPSA) is 132 Å². The highest BCUT2D eigenvalue weighted by molar-refractivity contribution is 7.46. The van der Waals surface area contributed by atoms with Crippen molar-refractivity contribution in [2.45, 2.75) is 20.1 Å². The van der Waals surface area contributed by atoms with Gasteiger partial charge in [0.05, 0.1) is 18.8 Å². The van der Waals surface area contributed by atoms with Crippen LogP contribution < -0.4 is 5.48 Å². The van der Waals surface area contributed by atoms with Gasteiger partial charge in [-0.3, -0.25) is 4.98 Å². The van der Waals surface area contributed by atoms with Gasteiger partial charge in [-0.1, -0.05) is 0 Å². The minimum absolute atomic E-state index is 0.154. The minimum Gasteiger partial charge on any atom is -0.506 e. The molecule has 5 N–H and O–H groups in total. The molecule has 17 heavy (non-hydrogen) atoms. The minimum atomic E-state index is -4.62. The number of hydrogen-bond acceptors (Lipinski definition) is 6. The predicted molar refractivity (Wildman–Crippen MR) is 56.5 cm³/mol. The second-order valence-electron chi connectivity index (χ2n) is 3.26. The molecular formula is C8H13N2O6P. The third-order valence-corrected chi connectivity index (χ3v) is 2.40. The van der Waals surface area contributed by atoms with Crippen molar-refractivity contribution in [3.63, 3.8) is 0 Å². The Kier molecular flexibility index (Phi) is 4.58. The smallest absolute Gasteiger partial charge is 0.486 e. The molecule has 0 atom stereocenters. The van der Waals surface area contributed by atoms with Gasteiger partial charge >= 0.3 is 7.82 Å². The number of aliphatic hydroxyl groups excluding tert-OH is 1. The van der Waals surface area contributed by atoms with Crippen molar-refractivity contribution in [1.82, 2.24) is 10.5 Å². The number of hydroxylamine groups is 1. The summed E-state index contributed by atoms with van der Waals surface area (Å²) in [4.78, 5) is 20.7. The van der Waals surface area contributed by atoms with Gasteiger partial charge in [-0.05, 0) is 6.92 Å². The van der Waals surface area contributed by atoms with Gasteiger partial charge in [-0.25, -0.2) is 4.57 Å². The van der Waals surface area contributed by atoms with E-state index in [4.69, 9.17) is 14.9 Å². The lowest BCUT2D eigenvalue weighted by Crippen LogP contribution is -2.14. The van der Waals surface area contributed by atoms with Crippen LogP contribution in [0.5, 0.6) is 5.75 Å². The number of aliphatic hydroxyl groups is 1. The van der Waals surface area contributed by atoms with E-state index in [1.54, 1.807) is 6.92 Å². The zero-order valence-electron chi connectivity index (χ0n) is 8.99. The second kappa shape index (κ2) is 5.54. The number of pyridine rings is 1. The molecule has 0 aliphatic rings. The summed E-state index contributed by atoms with van der Waals surface area (Å²) >= 11 is 0. The van der Waals surface area contributed by atoms with E-state index in [9.17, 15) is 9.67 Å². The molecule has 0 aromatic carbocycles. The summed E-state index contributed by atoms with van der Waals surface area (Å²) in [5.74, 6) is -0.154. The third-order valence-electron chi connectivity index (χ3n) is 2.03. The molecule has 9 heteroatoms. The Morgan fingerprint density at radius 2 is 2.18 bits per heavy atom. The first-order valence-corrected chi connectivity index (χ1v) is 6.12. The average Bonchev–Trinajstić information content (AvgIpc) is 2.23. The zero-order valence-corrected chi connectivity index (χ0v) is 9.89. The van der Waals surface area contributed by atoms with Crippen molar-refractivity contribution in [3.8, 4) is 5.75 Å². The quantitative estimate of drug-likeness (QED) is 0.362. The Labute approximate surface area is 97.1 Å². The van der Waals surface area contributed by atoms with Crippen LogP contribution in [-0.2, 0) is 22.3 Å². The number of phosphoric acid groups is 1. The van der Waals surface area contributed by atoms with E-state index < -0.39 is 7.82 Å². The molecule has 1 aromatic heterocycles. The highest BCUT2D eigenvalue weighted by Gasteiger charge is 2.16. The maximum atomic E-state index is 10.4. The van der Waals surface area contributed by atoms with Gasteiger partial charge in [-0.15, -0.1) is 0 Å². The van der Waals surface area contributed by atoms with Crippen molar-refractivity contribution < 1.29 is 29.2 Å². The monoisotopic (exact) mass is 264 g/mol. The van der Waals surface area contributed by atoms with Crippen LogP contribution in [-0.4, -0.2) is 25.0 Å². The number of nitrogens with zero attached hydrogens (tertiary/aromatic N) is 1. The second-order valence-corrected chi connectivity index (χ2v) is 4.42. The Bertz CT molecular complexity index is 446. The molecule has 0 bridgehead atoms. The number of aromatic hydroxyl groups is 1. The molecule has 1 rings (SSSR count). The van der Waals surface area contributed by atoms with Gasteiger partial charge in [0.1, 0.15) is 5.75 Å². The molecular weight excluding hydrogens is 251 g/mol. The SMILES string of the molecule is Cc1ncc(CO)c(CNOP(=O)(O)O)c1O. The molecule has 0 unspecified atom stereocenters. The molecule has 0 saturated heterocycles. The van der Waals surface area contributed by atoms with Crippen molar-refractivity contribution in [1.29, 1.82) is 0 Å². The highest BCUT2D eigenvalue weighted by Crippen LogP contribution is 2.34. The summed E-state index contributed by atoms with van der Waals surface area (Å²) in [6.07, 6.45) is 1.36. The van der Waals surface area contributed by atoms with Crippen LogP contribution in [0.1, 0.15) is 16.8 Å². The van der Waals surface area contributed by atoms with Crippen LogP contribution in [0.4, 0.5) is 0 Å². The largest absolute Gasteiger partial charge is 0.506 e. The summed E-state index contributed by atoms with van der Waals surface area (Å²) in [6.45, 7) is 1.04. The fourth-order valence-corrected chi connectivity index (χ4v) is 1.44. The Morgan fingerprint density at radius 3 is 2.71 bits per heavy atom. The van der Waals surface area contributed by atoms with Gasteiger partial charge < -0.3 is 20.0 Å². The lowest BCUT2D eigenvalue weighted by molar-refractivity contribution is 0.120. The molecule has 0 spiro atoms. The molecule has 0 saturated carbocycles. The Balaban J connectivity index is 2.82. The van der Waals surface area contributed by atoms with Gasteiger partial charge in [0.15, 0.2) is 0 Å². The van der Waals surface area contributed by atoms with Crippen molar-refractivity contribution in [3.05, 3.63) is 23.0 Å². The summed E-state index contributed by atoms with van der Waals surface area (Å²) < 4.78 is 14.4. The van der Waals surface area contributed by atoms with Crippen molar-refractivity contribution in [2.24, 2.45) is 0 Å². The first-order valence-electron chi connectivity index (χ1n) is 4.59. The molecule has 96 valence electrons. The molecule has 8 nitrogen and oxygen atoms in total. The van der Waals surface area contributed by atoms with E-state index in [2.05, 4.69) is 9.61 Å². The Morgan fingerprint density at radius 1 is 1.53 bits per heavy atom. The highest BCUT2D eigenvalue weighted by atomic mass is 31.2. The maximum absolute atomic E-state index is 10.4. The van der Waals surface area contributed by atoms with Gasteiger partial charge in [0.25, 0.3) is 0 Å². The first kappa shape index (κ1) is 14.0. The molecule has 0 aliphatic carbocycles. The number of aryl methyl sites for hydroxylation is 1. The van der Waals surface area contributed by atoms with E-state index in [1.165, 1.54) is 6.20 Å². The van der Waals surface area contributed by atoms with Crippen LogP contribution in [0.2, 0.25) is 0 Å². The van der Waals surface area contributed by atoms with Crippen LogP contribution in [0.15, 0.2) is 6.20 Å². The van der Waals surface area contributed by atoms with Gasteiger partial charge in [0.2, 0.25) is 0 Å². The third kappa shape index (κ3) is 4.04. The fourth-order valence-electron chi connectivity index (χ4n) is 1.21. The first-order chi connectivity index (χ1) is 7.85. The molecule has 0 fully saturated rings. The maximum Gasteiger partial charge on any atom is 0.486 e. The molecule has 0 radical (unpaired) electrons. The van der Waals surface area contributed by atoms with Crippen LogP contribution in [0.25, 0.3) is 0 Å². The zero-order chi connectivity index (χ0) is 13.1. The lowest BCUT2D eigenvalue weighted by atomic mass is 10.1. The molecule has 0 aliphatic heterocycles. The van der Waals surface area contributed by atoms with Gasteiger partial charge in [0, 0.05) is 17.3 Å². The normalized spacial score (nSPS) is 11.8.